The van der Waals surface area contributed by atoms with E-state index in [0.717, 1.165) is 23.5 Å². The van der Waals surface area contributed by atoms with Gasteiger partial charge in [-0.1, -0.05) is 0 Å². The highest BCUT2D eigenvalue weighted by Crippen LogP contribution is 2.18. The van der Waals surface area contributed by atoms with Crippen LogP contribution in [0.5, 0.6) is 0 Å². The quantitative estimate of drug-likeness (QED) is 0.315. The van der Waals surface area contributed by atoms with Gasteiger partial charge in [0.25, 0.3) is 5.97 Å². The van der Waals surface area contributed by atoms with Crippen LogP contribution in [0.3, 0.4) is 0 Å². The summed E-state index contributed by atoms with van der Waals surface area (Å²) in [6.07, 6.45) is 1.55. The van der Waals surface area contributed by atoms with E-state index in [0.29, 0.717) is 6.42 Å². The first-order valence-corrected chi connectivity index (χ1v) is 4.70. The average Bonchev–Trinajstić information content (AvgIpc) is 2.14. The van der Waals surface area contributed by atoms with Crippen LogP contribution in [0.2, 0.25) is 0 Å². The van der Waals surface area contributed by atoms with Gasteiger partial charge in [0.2, 0.25) is 0 Å². The van der Waals surface area contributed by atoms with E-state index in [1.54, 1.807) is 21.3 Å². The van der Waals surface area contributed by atoms with Crippen molar-refractivity contribution < 1.29 is 18.6 Å². The molecule has 0 aliphatic heterocycles. The molecule has 0 heterocycles. The van der Waals surface area contributed by atoms with Crippen molar-refractivity contribution in [2.24, 2.45) is 0 Å². The second-order valence-corrected chi connectivity index (χ2v) is 2.97. The van der Waals surface area contributed by atoms with Gasteiger partial charge in [0.1, 0.15) is 10.5 Å². The molecule has 4 nitrogen and oxygen atoms in total. The molecule has 0 aliphatic carbocycles. The Morgan fingerprint density at radius 1 is 1.08 bits per heavy atom. The van der Waals surface area contributed by atoms with E-state index in [-0.39, 0.29) is 0 Å². The summed E-state index contributed by atoms with van der Waals surface area (Å²) in [6.45, 7) is 0.740. The van der Waals surface area contributed by atoms with Crippen LogP contribution in [0.15, 0.2) is 0 Å². The fourth-order valence-electron chi connectivity index (χ4n) is 0.989. The van der Waals surface area contributed by atoms with Crippen molar-refractivity contribution in [1.82, 2.24) is 0 Å². The van der Waals surface area contributed by atoms with E-state index < -0.39 is 5.97 Å². The molecule has 0 saturated carbocycles. The maximum atomic E-state index is 5.09. The molecule has 0 aliphatic rings. The average molecular weight is 194 g/mol. The van der Waals surface area contributed by atoms with Gasteiger partial charge in [0.15, 0.2) is 0 Å². The highest BCUT2D eigenvalue weighted by atomic mass is 28.2. The van der Waals surface area contributed by atoms with Gasteiger partial charge in [0.05, 0.1) is 0 Å². The summed E-state index contributed by atoms with van der Waals surface area (Å²) in [5, 5.41) is 0. The minimum Gasteiger partial charge on any atom is -0.428 e. The van der Waals surface area contributed by atoms with Crippen molar-refractivity contribution in [3.63, 3.8) is 0 Å². The molecule has 0 aromatic carbocycles. The van der Waals surface area contributed by atoms with Crippen LogP contribution in [-0.2, 0) is 18.6 Å². The molecule has 0 N–H and O–H groups in total. The van der Waals surface area contributed by atoms with Crippen LogP contribution < -0.4 is 0 Å². The number of ether oxygens (including phenoxy) is 3. The summed E-state index contributed by atoms with van der Waals surface area (Å²) >= 11 is 0. The molecular weight excluding hydrogens is 176 g/mol. The Morgan fingerprint density at radius 2 is 1.58 bits per heavy atom. The Morgan fingerprint density at radius 3 is 1.92 bits per heavy atom. The van der Waals surface area contributed by atoms with Crippen LogP contribution in [0.4, 0.5) is 0 Å². The van der Waals surface area contributed by atoms with E-state index in [1.165, 1.54) is 0 Å². The summed E-state index contributed by atoms with van der Waals surface area (Å²) in [7, 11) is 5.46. The molecule has 0 bridgehead atoms. The number of methoxy groups -OCH3 is 3. The van der Waals surface area contributed by atoms with Gasteiger partial charge < -0.3 is 18.6 Å². The maximum Gasteiger partial charge on any atom is 0.282 e. The van der Waals surface area contributed by atoms with Crippen LogP contribution in [0.25, 0.3) is 0 Å². The van der Waals surface area contributed by atoms with Crippen molar-refractivity contribution >= 4 is 10.5 Å². The number of hydrogen-bond donors (Lipinski definition) is 0. The maximum absolute atomic E-state index is 5.09. The number of hydrogen-bond acceptors (Lipinski definition) is 4. The molecule has 0 unspecified atom stereocenters. The molecule has 5 heteroatoms. The first-order chi connectivity index (χ1) is 5.74. The van der Waals surface area contributed by atoms with Gasteiger partial charge in [-0.25, -0.2) is 0 Å². The first kappa shape index (κ1) is 12.1. The lowest BCUT2D eigenvalue weighted by Gasteiger charge is -2.28. The molecule has 0 aromatic heterocycles. The lowest BCUT2D eigenvalue weighted by molar-refractivity contribution is -0.355. The highest BCUT2D eigenvalue weighted by Gasteiger charge is 2.28. The summed E-state index contributed by atoms with van der Waals surface area (Å²) in [5.41, 5.74) is 0. The van der Waals surface area contributed by atoms with Crippen LogP contribution >= 0.6 is 0 Å². The second-order valence-electron chi connectivity index (χ2n) is 2.39. The predicted molar refractivity (Wildman–Crippen MR) is 48.9 cm³/mol. The largest absolute Gasteiger partial charge is 0.428 e. The van der Waals surface area contributed by atoms with Gasteiger partial charge in [-0.15, -0.1) is 0 Å². The standard InChI is InChI=1S/C7H18O4Si/c1-8-7(9-2,10-3)5-4-6-11-12/h4-6H2,1-3,12H3. The zero-order chi connectivity index (χ0) is 9.45. The van der Waals surface area contributed by atoms with Gasteiger partial charge in [-0.05, 0) is 6.42 Å². The van der Waals surface area contributed by atoms with Gasteiger partial charge in [0, 0.05) is 34.4 Å². The monoisotopic (exact) mass is 194 g/mol. The van der Waals surface area contributed by atoms with E-state index in [9.17, 15) is 0 Å². The molecule has 0 amide bonds. The topological polar surface area (TPSA) is 36.9 Å². The van der Waals surface area contributed by atoms with Crippen molar-refractivity contribution in [2.75, 3.05) is 27.9 Å². The molecule has 0 spiro atoms. The molecule has 0 saturated heterocycles. The SMILES string of the molecule is COC(CCCO[SiH3])(OC)OC. The van der Waals surface area contributed by atoms with E-state index in [4.69, 9.17) is 18.6 Å². The Bertz CT molecular complexity index is 97.3. The third-order valence-electron chi connectivity index (χ3n) is 1.76. The molecule has 0 fully saturated rings. The Hall–Kier alpha value is 0.0569. The normalized spacial score (nSPS) is 12.2. The molecule has 0 aromatic rings. The molecule has 74 valence electrons. The third kappa shape index (κ3) is 3.64. The van der Waals surface area contributed by atoms with Crippen molar-refractivity contribution in [2.45, 2.75) is 18.8 Å². The molecule has 0 rings (SSSR count). The zero-order valence-electron chi connectivity index (χ0n) is 8.25. The van der Waals surface area contributed by atoms with Crippen LogP contribution in [0.1, 0.15) is 12.8 Å². The minimum absolute atomic E-state index is 0.679. The molecule has 12 heavy (non-hydrogen) atoms. The van der Waals surface area contributed by atoms with Gasteiger partial charge in [-0.3, -0.25) is 0 Å². The summed E-state index contributed by atoms with van der Waals surface area (Å²) in [5.74, 6) is -0.889. The van der Waals surface area contributed by atoms with Gasteiger partial charge in [-0.2, -0.15) is 0 Å². The van der Waals surface area contributed by atoms with Crippen molar-refractivity contribution in [1.29, 1.82) is 0 Å². The minimum atomic E-state index is -0.889. The van der Waals surface area contributed by atoms with Crippen molar-refractivity contribution in [3.8, 4) is 0 Å². The summed E-state index contributed by atoms with van der Waals surface area (Å²) in [4.78, 5) is 0. The smallest absolute Gasteiger partial charge is 0.282 e. The van der Waals surface area contributed by atoms with E-state index >= 15 is 0 Å². The Labute approximate surface area is 76.7 Å². The molecule has 0 radical (unpaired) electrons. The summed E-state index contributed by atoms with van der Waals surface area (Å²) < 4.78 is 20.3. The lowest BCUT2D eigenvalue weighted by Crippen LogP contribution is -2.36. The third-order valence-corrected chi connectivity index (χ3v) is 2.17. The van der Waals surface area contributed by atoms with E-state index in [1.807, 2.05) is 0 Å². The summed E-state index contributed by atoms with van der Waals surface area (Å²) in [6, 6.07) is 0. The van der Waals surface area contributed by atoms with E-state index in [2.05, 4.69) is 0 Å². The molecule has 0 atom stereocenters. The lowest BCUT2D eigenvalue weighted by atomic mass is 10.3. The Kier molecular flexibility index (Phi) is 6.59. The van der Waals surface area contributed by atoms with Crippen molar-refractivity contribution in [3.05, 3.63) is 0 Å². The fourth-order valence-corrected chi connectivity index (χ4v) is 1.28. The highest BCUT2D eigenvalue weighted by molar-refractivity contribution is 5.97. The fraction of sp³-hybridized carbons (Fsp3) is 1.00. The predicted octanol–water partition coefficient (Wildman–Crippen LogP) is -0.343. The second kappa shape index (κ2) is 6.56. The van der Waals surface area contributed by atoms with Gasteiger partial charge >= 0.3 is 0 Å². The molecular formula is C7H18O4Si. The van der Waals surface area contributed by atoms with Crippen LogP contribution in [0, 0.1) is 0 Å². The Balaban J connectivity index is 3.76. The first-order valence-electron chi connectivity index (χ1n) is 3.89. The van der Waals surface area contributed by atoms with Crippen LogP contribution in [-0.4, -0.2) is 44.4 Å². The zero-order valence-corrected chi connectivity index (χ0v) is 10.3. The number of rotatable bonds is 7.